The Balaban J connectivity index is 1.70. The van der Waals surface area contributed by atoms with Gasteiger partial charge in [0, 0.05) is 17.5 Å². The topological polar surface area (TPSA) is 85.1 Å². The molecule has 0 saturated heterocycles. The van der Waals surface area contributed by atoms with Gasteiger partial charge in [-0.05, 0) is 37.1 Å². The van der Waals surface area contributed by atoms with E-state index in [2.05, 4.69) is 10.3 Å². The van der Waals surface area contributed by atoms with Crippen molar-refractivity contribution in [2.75, 3.05) is 11.1 Å². The number of fused-ring (bicyclic) bond motifs is 1. The molecule has 6 nitrogen and oxygen atoms in total. The van der Waals surface area contributed by atoms with Crippen LogP contribution in [0.5, 0.6) is 0 Å². The van der Waals surface area contributed by atoms with E-state index >= 15 is 0 Å². The number of carbonyl (C=O) groups excluding carboxylic acids is 1. The molecular weight excluding hydrogens is 350 g/mol. The number of amides is 1. The normalized spacial score (nSPS) is 10.7. The number of carbonyl (C=O) groups is 1. The average molecular weight is 367 g/mol. The number of thioether (sulfide) groups is 1. The van der Waals surface area contributed by atoms with Gasteiger partial charge in [0.05, 0.1) is 26.9 Å². The summed E-state index contributed by atoms with van der Waals surface area (Å²) >= 11 is 1.34. The first-order chi connectivity index (χ1) is 12.4. The molecule has 0 fully saturated rings. The highest BCUT2D eigenvalue weighted by atomic mass is 32.2. The van der Waals surface area contributed by atoms with E-state index in [0.717, 1.165) is 27.1 Å². The third-order valence-electron chi connectivity index (χ3n) is 3.96. The van der Waals surface area contributed by atoms with E-state index in [1.165, 1.54) is 23.9 Å². The SMILES string of the molecule is Cc1ccc([N+](=O)[O-])cc1NC(=O)CSc1cc(C)c2ccccc2n1. The van der Waals surface area contributed by atoms with Crippen molar-refractivity contribution in [1.29, 1.82) is 0 Å². The summed E-state index contributed by atoms with van der Waals surface area (Å²) < 4.78 is 0. The van der Waals surface area contributed by atoms with Gasteiger partial charge in [0.15, 0.2) is 0 Å². The molecule has 1 heterocycles. The van der Waals surface area contributed by atoms with Gasteiger partial charge in [-0.1, -0.05) is 36.0 Å². The van der Waals surface area contributed by atoms with Gasteiger partial charge >= 0.3 is 0 Å². The van der Waals surface area contributed by atoms with Gasteiger partial charge < -0.3 is 5.32 Å². The number of aromatic nitrogens is 1. The Kier molecular flexibility index (Phi) is 5.18. The third-order valence-corrected chi connectivity index (χ3v) is 4.87. The molecule has 3 aromatic rings. The van der Waals surface area contributed by atoms with Crippen LogP contribution in [0, 0.1) is 24.0 Å². The lowest BCUT2D eigenvalue weighted by Gasteiger charge is -2.09. The lowest BCUT2D eigenvalue weighted by atomic mass is 10.1. The summed E-state index contributed by atoms with van der Waals surface area (Å²) in [5.74, 6) is -0.0568. The average Bonchev–Trinajstić information content (AvgIpc) is 2.62. The summed E-state index contributed by atoms with van der Waals surface area (Å²) in [6.45, 7) is 3.81. The summed E-state index contributed by atoms with van der Waals surface area (Å²) in [4.78, 5) is 27.2. The highest BCUT2D eigenvalue weighted by Crippen LogP contribution is 2.25. The van der Waals surface area contributed by atoms with Gasteiger partial charge in [0.2, 0.25) is 5.91 Å². The molecule has 0 radical (unpaired) electrons. The van der Waals surface area contributed by atoms with Crippen LogP contribution in [-0.4, -0.2) is 21.6 Å². The molecule has 7 heteroatoms. The van der Waals surface area contributed by atoms with Crippen LogP contribution in [-0.2, 0) is 4.79 Å². The Morgan fingerprint density at radius 1 is 1.15 bits per heavy atom. The number of rotatable bonds is 5. The molecule has 0 aliphatic heterocycles. The van der Waals surface area contributed by atoms with Gasteiger partial charge in [-0.2, -0.15) is 0 Å². The second-order valence-electron chi connectivity index (χ2n) is 5.89. The van der Waals surface area contributed by atoms with Crippen molar-refractivity contribution in [1.82, 2.24) is 4.98 Å². The molecule has 1 N–H and O–H groups in total. The Morgan fingerprint density at radius 2 is 1.92 bits per heavy atom. The molecule has 0 aliphatic carbocycles. The third kappa shape index (κ3) is 4.00. The number of nitro benzene ring substituents is 1. The van der Waals surface area contributed by atoms with Crippen molar-refractivity contribution in [3.8, 4) is 0 Å². The summed E-state index contributed by atoms with van der Waals surface area (Å²) in [5.41, 5.74) is 3.17. The Bertz CT molecular complexity index is 1000. The van der Waals surface area contributed by atoms with Crippen LogP contribution in [0.3, 0.4) is 0 Å². The van der Waals surface area contributed by atoms with E-state index in [9.17, 15) is 14.9 Å². The largest absolute Gasteiger partial charge is 0.325 e. The first-order valence-electron chi connectivity index (χ1n) is 7.98. The molecule has 0 aliphatic rings. The Morgan fingerprint density at radius 3 is 2.69 bits per heavy atom. The number of benzene rings is 2. The minimum Gasteiger partial charge on any atom is -0.325 e. The van der Waals surface area contributed by atoms with E-state index in [4.69, 9.17) is 0 Å². The highest BCUT2D eigenvalue weighted by molar-refractivity contribution is 7.99. The number of hydrogen-bond acceptors (Lipinski definition) is 5. The van der Waals surface area contributed by atoms with Gasteiger partial charge in [0.1, 0.15) is 0 Å². The van der Waals surface area contributed by atoms with Crippen molar-refractivity contribution in [2.24, 2.45) is 0 Å². The van der Waals surface area contributed by atoms with Crippen LogP contribution < -0.4 is 5.32 Å². The van der Waals surface area contributed by atoms with Crippen LogP contribution in [0.4, 0.5) is 11.4 Å². The fraction of sp³-hybridized carbons (Fsp3) is 0.158. The number of para-hydroxylation sites is 1. The smallest absolute Gasteiger partial charge is 0.271 e. The molecule has 0 spiro atoms. The molecule has 0 saturated carbocycles. The zero-order chi connectivity index (χ0) is 18.7. The number of anilines is 1. The van der Waals surface area contributed by atoms with E-state index in [1.54, 1.807) is 13.0 Å². The maximum absolute atomic E-state index is 12.2. The van der Waals surface area contributed by atoms with Crippen molar-refractivity contribution in [2.45, 2.75) is 18.9 Å². The number of nitro groups is 1. The monoisotopic (exact) mass is 367 g/mol. The van der Waals surface area contributed by atoms with E-state index in [-0.39, 0.29) is 17.3 Å². The fourth-order valence-corrected chi connectivity index (χ4v) is 3.35. The van der Waals surface area contributed by atoms with Gasteiger partial charge in [-0.15, -0.1) is 0 Å². The van der Waals surface area contributed by atoms with E-state index < -0.39 is 4.92 Å². The van der Waals surface area contributed by atoms with Crippen LogP contribution in [0.2, 0.25) is 0 Å². The molecule has 132 valence electrons. The lowest BCUT2D eigenvalue weighted by Crippen LogP contribution is -2.15. The minimum absolute atomic E-state index is 0.0506. The highest BCUT2D eigenvalue weighted by Gasteiger charge is 2.12. The van der Waals surface area contributed by atoms with Crippen LogP contribution in [0.1, 0.15) is 11.1 Å². The number of non-ortho nitro benzene ring substituents is 1. The first-order valence-corrected chi connectivity index (χ1v) is 8.96. The number of nitrogens with one attached hydrogen (secondary N) is 1. The molecule has 0 unspecified atom stereocenters. The number of hydrogen-bond donors (Lipinski definition) is 1. The fourth-order valence-electron chi connectivity index (χ4n) is 2.58. The van der Waals surface area contributed by atoms with Gasteiger partial charge in [-0.3, -0.25) is 14.9 Å². The van der Waals surface area contributed by atoms with Crippen LogP contribution in [0.15, 0.2) is 53.6 Å². The Hall–Kier alpha value is -2.93. The predicted octanol–water partition coefficient (Wildman–Crippen LogP) is 4.49. The molecule has 0 bridgehead atoms. The zero-order valence-corrected chi connectivity index (χ0v) is 15.2. The van der Waals surface area contributed by atoms with Crippen molar-refractivity contribution in [3.05, 3.63) is 69.8 Å². The minimum atomic E-state index is -0.481. The summed E-state index contributed by atoms with van der Waals surface area (Å²) in [5, 5.41) is 15.5. The summed E-state index contributed by atoms with van der Waals surface area (Å²) in [7, 11) is 0. The maximum atomic E-state index is 12.2. The van der Waals surface area contributed by atoms with E-state index in [0.29, 0.717) is 5.69 Å². The van der Waals surface area contributed by atoms with Crippen molar-refractivity contribution in [3.63, 3.8) is 0 Å². The number of nitrogens with zero attached hydrogens (tertiary/aromatic N) is 2. The molecule has 1 aromatic heterocycles. The zero-order valence-electron chi connectivity index (χ0n) is 14.4. The molecule has 26 heavy (non-hydrogen) atoms. The molecule has 0 atom stereocenters. The Labute approximate surface area is 154 Å². The lowest BCUT2D eigenvalue weighted by molar-refractivity contribution is -0.384. The van der Waals surface area contributed by atoms with Crippen LogP contribution >= 0.6 is 11.8 Å². The molecular formula is C19H17N3O3S. The molecule has 2 aromatic carbocycles. The van der Waals surface area contributed by atoms with Gasteiger partial charge in [-0.25, -0.2) is 4.98 Å². The van der Waals surface area contributed by atoms with Crippen molar-refractivity contribution < 1.29 is 9.72 Å². The maximum Gasteiger partial charge on any atom is 0.271 e. The van der Waals surface area contributed by atoms with Crippen molar-refractivity contribution >= 4 is 39.9 Å². The second-order valence-corrected chi connectivity index (χ2v) is 6.88. The molecule has 1 amide bonds. The number of pyridine rings is 1. The quantitative estimate of drug-likeness (QED) is 0.408. The summed E-state index contributed by atoms with van der Waals surface area (Å²) in [6.07, 6.45) is 0. The predicted molar refractivity (Wildman–Crippen MR) is 104 cm³/mol. The second kappa shape index (κ2) is 7.53. The number of aryl methyl sites for hydroxylation is 2. The standard InChI is InChI=1S/C19H17N3O3S/c1-12-7-8-14(22(24)25)10-17(12)20-18(23)11-26-19-9-13(2)15-5-3-4-6-16(15)21-19/h3-10H,11H2,1-2H3,(H,20,23). The van der Waals surface area contributed by atoms with Crippen LogP contribution in [0.25, 0.3) is 10.9 Å². The van der Waals surface area contributed by atoms with Gasteiger partial charge in [0.25, 0.3) is 5.69 Å². The first kappa shape index (κ1) is 17.9. The summed E-state index contributed by atoms with van der Waals surface area (Å²) in [6, 6.07) is 14.2. The molecule has 3 rings (SSSR count). The van der Waals surface area contributed by atoms with E-state index in [1.807, 2.05) is 37.3 Å².